The van der Waals surface area contributed by atoms with Crippen LogP contribution in [0, 0.1) is 6.92 Å². The molecule has 0 saturated heterocycles. The molecule has 0 bridgehead atoms. The third-order valence-corrected chi connectivity index (χ3v) is 1.59. The van der Waals surface area contributed by atoms with Crippen LogP contribution in [0.15, 0.2) is 18.2 Å². The molecule has 0 radical (unpaired) electrons. The monoisotopic (exact) mass is 164 g/mol. The van der Waals surface area contributed by atoms with Gasteiger partial charge in [-0.15, -0.1) is 0 Å². The van der Waals surface area contributed by atoms with E-state index < -0.39 is 5.78 Å². The number of hydrogen-bond acceptors (Lipinski definition) is 3. The van der Waals surface area contributed by atoms with E-state index in [9.17, 15) is 9.59 Å². The first kappa shape index (κ1) is 8.46. The molecule has 0 saturated carbocycles. The van der Waals surface area contributed by atoms with Gasteiger partial charge in [0.15, 0.2) is 6.29 Å². The summed E-state index contributed by atoms with van der Waals surface area (Å²) in [6.07, 6.45) is 0.256. The van der Waals surface area contributed by atoms with Gasteiger partial charge in [0.05, 0.1) is 0 Å². The Balaban J connectivity index is 3.13. The van der Waals surface area contributed by atoms with Gasteiger partial charge in [-0.05, 0) is 30.7 Å². The molecule has 0 fully saturated rings. The van der Waals surface area contributed by atoms with Crippen molar-refractivity contribution in [3.63, 3.8) is 0 Å². The molecule has 0 spiro atoms. The van der Waals surface area contributed by atoms with Crippen molar-refractivity contribution >= 4 is 12.1 Å². The van der Waals surface area contributed by atoms with Gasteiger partial charge in [0.1, 0.15) is 5.75 Å². The summed E-state index contributed by atoms with van der Waals surface area (Å²) in [4.78, 5) is 20.9. The second-order valence-electron chi connectivity index (χ2n) is 2.48. The maximum absolute atomic E-state index is 10.8. The van der Waals surface area contributed by atoms with E-state index in [-0.39, 0.29) is 12.0 Å². The van der Waals surface area contributed by atoms with Gasteiger partial charge in [-0.2, -0.15) is 0 Å². The molecule has 0 aliphatic carbocycles. The van der Waals surface area contributed by atoms with E-state index in [1.165, 1.54) is 18.2 Å². The fourth-order valence-corrected chi connectivity index (χ4v) is 0.877. The van der Waals surface area contributed by atoms with Crippen LogP contribution in [0.25, 0.3) is 0 Å². The summed E-state index contributed by atoms with van der Waals surface area (Å²) >= 11 is 0. The zero-order valence-corrected chi connectivity index (χ0v) is 6.57. The van der Waals surface area contributed by atoms with Crippen LogP contribution in [-0.2, 0) is 4.79 Å². The van der Waals surface area contributed by atoms with Crippen LogP contribution < -0.4 is 0 Å². The summed E-state index contributed by atoms with van der Waals surface area (Å²) in [7, 11) is 0. The highest BCUT2D eigenvalue weighted by Crippen LogP contribution is 2.16. The minimum Gasteiger partial charge on any atom is -0.508 e. The molecule has 1 aromatic carbocycles. The first-order valence-corrected chi connectivity index (χ1v) is 3.44. The molecule has 0 unspecified atom stereocenters. The summed E-state index contributed by atoms with van der Waals surface area (Å²) in [5.41, 5.74) is 0.892. The van der Waals surface area contributed by atoms with E-state index in [1.807, 2.05) is 0 Å². The van der Waals surface area contributed by atoms with Crippen molar-refractivity contribution in [1.82, 2.24) is 0 Å². The lowest BCUT2D eigenvalue weighted by molar-refractivity contribution is -0.104. The number of phenolic OH excluding ortho intramolecular Hbond substituents is 1. The Kier molecular flexibility index (Phi) is 2.24. The molecule has 1 N–H and O–H groups in total. The summed E-state index contributed by atoms with van der Waals surface area (Å²) < 4.78 is 0. The van der Waals surface area contributed by atoms with Crippen LogP contribution in [0.3, 0.4) is 0 Å². The van der Waals surface area contributed by atoms with Crippen molar-refractivity contribution in [3.05, 3.63) is 29.3 Å². The molecule has 0 amide bonds. The van der Waals surface area contributed by atoms with Crippen molar-refractivity contribution in [1.29, 1.82) is 0 Å². The predicted molar refractivity (Wildman–Crippen MR) is 43.2 cm³/mol. The zero-order valence-electron chi connectivity index (χ0n) is 6.57. The third-order valence-electron chi connectivity index (χ3n) is 1.59. The Bertz CT molecular complexity index is 329. The third kappa shape index (κ3) is 1.50. The fraction of sp³-hybridized carbons (Fsp3) is 0.111. The van der Waals surface area contributed by atoms with Crippen molar-refractivity contribution in [2.75, 3.05) is 0 Å². The van der Waals surface area contributed by atoms with E-state index in [4.69, 9.17) is 5.11 Å². The second-order valence-corrected chi connectivity index (χ2v) is 2.48. The van der Waals surface area contributed by atoms with Crippen LogP contribution in [0.1, 0.15) is 15.9 Å². The standard InChI is InChI=1S/C9H8O3/c1-6-4-7(9(12)5-10)2-3-8(6)11/h2-5,11H,1H3. The molecule has 0 heterocycles. The molecule has 0 aromatic heterocycles. The lowest BCUT2D eigenvalue weighted by atomic mass is 10.1. The fourth-order valence-electron chi connectivity index (χ4n) is 0.877. The number of carbonyl (C=O) groups is 2. The summed E-state index contributed by atoms with van der Waals surface area (Å²) in [6.45, 7) is 1.66. The smallest absolute Gasteiger partial charge is 0.225 e. The van der Waals surface area contributed by atoms with Crippen LogP contribution in [-0.4, -0.2) is 17.2 Å². The average Bonchev–Trinajstić information content (AvgIpc) is 2.08. The van der Waals surface area contributed by atoms with Gasteiger partial charge in [0.2, 0.25) is 5.78 Å². The molecule has 3 heteroatoms. The summed E-state index contributed by atoms with van der Waals surface area (Å²) in [6, 6.07) is 4.29. The van der Waals surface area contributed by atoms with Gasteiger partial charge in [-0.25, -0.2) is 0 Å². The molecule has 1 aromatic rings. The minimum absolute atomic E-state index is 0.123. The van der Waals surface area contributed by atoms with Crippen molar-refractivity contribution in [2.24, 2.45) is 0 Å². The number of ketones is 1. The summed E-state index contributed by atoms with van der Waals surface area (Å²) in [5.74, 6) is -0.449. The number of benzene rings is 1. The van der Waals surface area contributed by atoms with Crippen LogP contribution in [0.2, 0.25) is 0 Å². The van der Waals surface area contributed by atoms with Crippen molar-refractivity contribution in [2.45, 2.75) is 6.92 Å². The van der Waals surface area contributed by atoms with E-state index in [0.717, 1.165) is 0 Å². The number of Topliss-reactive ketones (excluding diaryl/α,β-unsaturated/α-hetero) is 1. The maximum atomic E-state index is 10.8. The Labute approximate surface area is 69.6 Å². The predicted octanol–water partition coefficient (Wildman–Crippen LogP) is 1.08. The highest BCUT2D eigenvalue weighted by molar-refractivity contribution is 6.33. The maximum Gasteiger partial charge on any atom is 0.225 e. The Morgan fingerprint density at radius 2 is 2.17 bits per heavy atom. The summed E-state index contributed by atoms with van der Waals surface area (Å²) in [5, 5.41) is 9.10. The number of aromatic hydroxyl groups is 1. The normalized spacial score (nSPS) is 9.42. The molecule has 3 nitrogen and oxygen atoms in total. The quantitative estimate of drug-likeness (QED) is 0.404. The molecule has 1 rings (SSSR count). The van der Waals surface area contributed by atoms with Crippen molar-refractivity contribution < 1.29 is 14.7 Å². The first-order valence-electron chi connectivity index (χ1n) is 3.44. The Hall–Kier alpha value is -1.64. The SMILES string of the molecule is Cc1cc(C(=O)C=O)ccc1O. The number of hydrogen-bond donors (Lipinski definition) is 1. The van der Waals surface area contributed by atoms with Gasteiger partial charge in [0.25, 0.3) is 0 Å². The van der Waals surface area contributed by atoms with Crippen LogP contribution >= 0.6 is 0 Å². The second kappa shape index (κ2) is 3.17. The van der Waals surface area contributed by atoms with Gasteiger partial charge in [-0.1, -0.05) is 0 Å². The van der Waals surface area contributed by atoms with Gasteiger partial charge >= 0.3 is 0 Å². The van der Waals surface area contributed by atoms with Gasteiger partial charge < -0.3 is 5.11 Å². The number of rotatable bonds is 2. The zero-order chi connectivity index (χ0) is 9.14. The van der Waals surface area contributed by atoms with E-state index in [2.05, 4.69) is 0 Å². The molecule has 12 heavy (non-hydrogen) atoms. The number of aryl methyl sites for hydroxylation is 1. The molecule has 0 aliphatic heterocycles. The highest BCUT2D eigenvalue weighted by atomic mass is 16.3. The van der Waals surface area contributed by atoms with Crippen LogP contribution in [0.5, 0.6) is 5.75 Å². The minimum atomic E-state index is -0.571. The van der Waals surface area contributed by atoms with Crippen molar-refractivity contribution in [3.8, 4) is 5.75 Å². The first-order chi connectivity index (χ1) is 5.65. The molecule has 0 atom stereocenters. The average molecular weight is 164 g/mol. The number of phenols is 1. The lowest BCUT2D eigenvalue weighted by Crippen LogP contribution is -1.99. The number of aldehydes is 1. The molecule has 0 aliphatic rings. The number of carbonyl (C=O) groups excluding carboxylic acids is 2. The molecular weight excluding hydrogens is 156 g/mol. The largest absolute Gasteiger partial charge is 0.508 e. The Morgan fingerprint density at radius 1 is 1.50 bits per heavy atom. The topological polar surface area (TPSA) is 54.4 Å². The highest BCUT2D eigenvalue weighted by Gasteiger charge is 2.04. The Morgan fingerprint density at radius 3 is 2.67 bits per heavy atom. The van der Waals surface area contributed by atoms with Gasteiger partial charge in [0, 0.05) is 5.56 Å². The van der Waals surface area contributed by atoms with E-state index >= 15 is 0 Å². The van der Waals surface area contributed by atoms with E-state index in [1.54, 1.807) is 6.92 Å². The van der Waals surface area contributed by atoms with Gasteiger partial charge in [-0.3, -0.25) is 9.59 Å². The molecule has 62 valence electrons. The van der Waals surface area contributed by atoms with Crippen LogP contribution in [0.4, 0.5) is 0 Å². The lowest BCUT2D eigenvalue weighted by Gasteiger charge is -1.98. The molecular formula is C9H8O3. The van der Waals surface area contributed by atoms with E-state index in [0.29, 0.717) is 11.1 Å².